The second kappa shape index (κ2) is 8.72. The number of fused-ring (bicyclic) bond motifs is 4. The lowest BCUT2D eigenvalue weighted by molar-refractivity contribution is 0.0953. The predicted octanol–water partition coefficient (Wildman–Crippen LogP) is 1.66. The van der Waals surface area contributed by atoms with Crippen LogP contribution in [0.3, 0.4) is 0 Å². The normalized spacial score (nSPS) is 20.5. The molecule has 2 atom stereocenters. The summed E-state index contributed by atoms with van der Waals surface area (Å²) >= 11 is 3.09. The molecule has 1 amide bonds. The summed E-state index contributed by atoms with van der Waals surface area (Å²) in [4.78, 5) is 25.2. The average Bonchev–Trinajstić information content (AvgIpc) is 3.05. The van der Waals surface area contributed by atoms with Gasteiger partial charge in [0.25, 0.3) is 11.5 Å². The van der Waals surface area contributed by atoms with Crippen LogP contribution >= 0.6 is 35.5 Å². The van der Waals surface area contributed by atoms with Crippen LogP contribution in [0.1, 0.15) is 33.4 Å². The number of thioether (sulfide) groups is 1. The lowest BCUT2D eigenvalue weighted by Gasteiger charge is -2.37. The average molecular weight is 428 g/mol. The molecule has 0 radical (unpaired) electrons. The van der Waals surface area contributed by atoms with E-state index in [1.165, 1.54) is 11.3 Å². The molecule has 2 N–H and O–H groups in total. The highest BCUT2D eigenvalue weighted by molar-refractivity contribution is 8.01. The third kappa shape index (κ3) is 4.37. The molecule has 0 unspecified atom stereocenters. The summed E-state index contributed by atoms with van der Waals surface area (Å²) in [5.74, 6) is 1.25. The summed E-state index contributed by atoms with van der Waals surface area (Å²) in [5, 5.41) is 15.2. The minimum atomic E-state index is -0.298. The van der Waals surface area contributed by atoms with Crippen molar-refractivity contribution < 1.29 is 4.79 Å². The number of carbonyl (C=O) groups is 1. The maximum absolute atomic E-state index is 12.8. The molecule has 0 spiro atoms. The van der Waals surface area contributed by atoms with E-state index in [-0.39, 0.29) is 29.4 Å². The number of nitrogens with one attached hydrogen (secondary N) is 2. The number of hydrogen-bond donors (Lipinski definition) is 2. The first kappa shape index (κ1) is 20.3. The van der Waals surface area contributed by atoms with Crippen LogP contribution in [-0.4, -0.2) is 46.1 Å². The SMILES string of the molecule is Cc1nnc(SCCNC(=O)c2ccc3n(c2=O)C[C@@H]2CNC[C@H]3C2)s1.Cl. The van der Waals surface area contributed by atoms with Crippen molar-refractivity contribution in [2.45, 2.75) is 30.1 Å². The number of nitrogens with zero attached hydrogens (tertiary/aromatic N) is 3. The van der Waals surface area contributed by atoms with Crippen LogP contribution in [0.15, 0.2) is 21.3 Å². The second-order valence-corrected chi connectivity index (χ2v) is 9.26. The Balaban J connectivity index is 0.00000210. The van der Waals surface area contributed by atoms with Crippen molar-refractivity contribution in [1.29, 1.82) is 0 Å². The molecule has 0 aliphatic carbocycles. The third-order valence-electron chi connectivity index (χ3n) is 4.87. The number of halogens is 1. The number of piperidine rings is 1. The first-order valence-corrected chi connectivity index (χ1v) is 10.6. The highest BCUT2D eigenvalue weighted by Crippen LogP contribution is 2.31. The van der Waals surface area contributed by atoms with E-state index in [4.69, 9.17) is 0 Å². The first-order valence-electron chi connectivity index (χ1n) is 8.77. The first-order chi connectivity index (χ1) is 12.6. The molecular weight excluding hydrogens is 406 g/mol. The zero-order valence-corrected chi connectivity index (χ0v) is 17.4. The van der Waals surface area contributed by atoms with Crippen molar-refractivity contribution in [1.82, 2.24) is 25.4 Å². The number of pyridine rings is 1. The van der Waals surface area contributed by atoms with Gasteiger partial charge in [-0.15, -0.1) is 22.6 Å². The summed E-state index contributed by atoms with van der Waals surface area (Å²) in [6.07, 6.45) is 1.13. The number of amides is 1. The van der Waals surface area contributed by atoms with Gasteiger partial charge in [-0.1, -0.05) is 23.1 Å². The standard InChI is InChI=1S/C17H21N5O2S2.ClH/c1-10-20-21-17(26-10)25-5-4-19-15(23)13-2-3-14-12-6-11(7-18-8-12)9-22(14)16(13)24;/h2-3,11-12,18H,4-9H2,1H3,(H,19,23);1H/t11-,12+;/m0./s1. The summed E-state index contributed by atoms with van der Waals surface area (Å²) in [6.45, 7) is 4.95. The molecule has 7 nitrogen and oxygen atoms in total. The number of hydrogen-bond acceptors (Lipinski definition) is 7. The highest BCUT2D eigenvalue weighted by atomic mass is 35.5. The van der Waals surface area contributed by atoms with Crippen molar-refractivity contribution in [3.05, 3.63) is 38.8 Å². The van der Waals surface area contributed by atoms with Crippen LogP contribution < -0.4 is 16.2 Å². The fourth-order valence-corrected chi connectivity index (χ4v) is 5.44. The lowest BCUT2D eigenvalue weighted by Crippen LogP contribution is -2.46. The molecule has 4 heterocycles. The third-order valence-corrected chi connectivity index (χ3v) is 6.85. The number of aromatic nitrogens is 3. The van der Waals surface area contributed by atoms with Gasteiger partial charge in [0.2, 0.25) is 0 Å². The van der Waals surface area contributed by atoms with Crippen LogP contribution in [-0.2, 0) is 6.54 Å². The fourth-order valence-electron chi connectivity index (χ4n) is 3.70. The van der Waals surface area contributed by atoms with E-state index >= 15 is 0 Å². The number of rotatable bonds is 5. The van der Waals surface area contributed by atoms with Crippen molar-refractivity contribution in [3.63, 3.8) is 0 Å². The monoisotopic (exact) mass is 427 g/mol. The molecule has 0 aromatic carbocycles. The Hall–Kier alpha value is -1.42. The number of aryl methyl sites for hydroxylation is 1. The van der Waals surface area contributed by atoms with Crippen molar-refractivity contribution in [2.24, 2.45) is 5.92 Å². The Morgan fingerprint density at radius 3 is 3.04 bits per heavy atom. The molecule has 146 valence electrons. The topological polar surface area (TPSA) is 88.9 Å². The van der Waals surface area contributed by atoms with Gasteiger partial charge in [-0.2, -0.15) is 0 Å². The molecule has 10 heteroatoms. The highest BCUT2D eigenvalue weighted by Gasteiger charge is 2.31. The second-order valence-electron chi connectivity index (χ2n) is 6.74. The smallest absolute Gasteiger partial charge is 0.263 e. The molecule has 2 aromatic rings. The van der Waals surface area contributed by atoms with E-state index in [9.17, 15) is 9.59 Å². The van der Waals surface area contributed by atoms with Crippen LogP contribution in [0.2, 0.25) is 0 Å². The molecule has 1 fully saturated rings. The molecule has 2 bridgehead atoms. The van der Waals surface area contributed by atoms with E-state index in [0.717, 1.165) is 34.6 Å². The van der Waals surface area contributed by atoms with Crippen molar-refractivity contribution >= 4 is 41.4 Å². The van der Waals surface area contributed by atoms with E-state index in [1.54, 1.807) is 17.8 Å². The zero-order valence-electron chi connectivity index (χ0n) is 14.9. The predicted molar refractivity (Wildman–Crippen MR) is 109 cm³/mol. The Kier molecular flexibility index (Phi) is 6.56. The zero-order chi connectivity index (χ0) is 18.1. The van der Waals surface area contributed by atoms with E-state index < -0.39 is 0 Å². The van der Waals surface area contributed by atoms with Gasteiger partial charge in [0.1, 0.15) is 10.6 Å². The molecule has 1 saturated heterocycles. The largest absolute Gasteiger partial charge is 0.351 e. The van der Waals surface area contributed by atoms with Gasteiger partial charge >= 0.3 is 0 Å². The maximum atomic E-state index is 12.8. The molecular formula is C17H22ClN5O2S2. The minimum Gasteiger partial charge on any atom is -0.351 e. The summed E-state index contributed by atoms with van der Waals surface area (Å²) < 4.78 is 2.71. The van der Waals surface area contributed by atoms with E-state index in [1.807, 2.05) is 17.6 Å². The van der Waals surface area contributed by atoms with E-state index in [2.05, 4.69) is 20.8 Å². The van der Waals surface area contributed by atoms with Gasteiger partial charge in [0.05, 0.1) is 0 Å². The Bertz CT molecular complexity index is 884. The van der Waals surface area contributed by atoms with Crippen molar-refractivity contribution in [3.8, 4) is 0 Å². The molecule has 2 aromatic heterocycles. The Morgan fingerprint density at radius 1 is 1.41 bits per heavy atom. The van der Waals surface area contributed by atoms with Gasteiger partial charge in [0, 0.05) is 37.0 Å². The summed E-state index contributed by atoms with van der Waals surface area (Å²) in [6, 6.07) is 3.63. The van der Waals surface area contributed by atoms with Gasteiger partial charge in [-0.3, -0.25) is 9.59 Å². The van der Waals surface area contributed by atoms with Crippen LogP contribution in [0.5, 0.6) is 0 Å². The minimum absolute atomic E-state index is 0. The van der Waals surface area contributed by atoms with Crippen LogP contribution in [0.4, 0.5) is 0 Å². The van der Waals surface area contributed by atoms with Crippen molar-refractivity contribution in [2.75, 3.05) is 25.4 Å². The van der Waals surface area contributed by atoms with Gasteiger partial charge in [-0.25, -0.2) is 0 Å². The summed E-state index contributed by atoms with van der Waals surface area (Å²) in [7, 11) is 0. The molecule has 4 rings (SSSR count). The number of carbonyl (C=O) groups excluding carboxylic acids is 1. The maximum Gasteiger partial charge on any atom is 0.263 e. The fraction of sp³-hybridized carbons (Fsp3) is 0.529. The van der Waals surface area contributed by atoms with Gasteiger partial charge in [-0.05, 0) is 37.9 Å². The van der Waals surface area contributed by atoms with Crippen LogP contribution in [0, 0.1) is 12.8 Å². The quantitative estimate of drug-likeness (QED) is 0.557. The lowest BCUT2D eigenvalue weighted by atomic mass is 9.84. The summed E-state index contributed by atoms with van der Waals surface area (Å²) in [5.41, 5.74) is 1.12. The molecule has 2 aliphatic rings. The molecule has 2 aliphatic heterocycles. The molecule has 0 saturated carbocycles. The van der Waals surface area contributed by atoms with Gasteiger partial charge in [0.15, 0.2) is 4.34 Å². The van der Waals surface area contributed by atoms with Crippen LogP contribution in [0.25, 0.3) is 0 Å². The van der Waals surface area contributed by atoms with E-state index in [0.29, 0.717) is 30.7 Å². The molecule has 27 heavy (non-hydrogen) atoms. The van der Waals surface area contributed by atoms with Gasteiger partial charge < -0.3 is 15.2 Å². The Morgan fingerprint density at radius 2 is 2.26 bits per heavy atom. The Labute approximate surface area is 171 Å².